The Labute approximate surface area is 95.7 Å². The first-order valence-corrected chi connectivity index (χ1v) is 5.56. The first kappa shape index (κ1) is 12.5. The maximum absolute atomic E-state index is 10.3. The summed E-state index contributed by atoms with van der Waals surface area (Å²) in [5.41, 5.74) is 2.24. The zero-order valence-electron chi connectivity index (χ0n) is 9.57. The van der Waals surface area contributed by atoms with Gasteiger partial charge in [0.05, 0.1) is 0 Å². The van der Waals surface area contributed by atoms with Crippen molar-refractivity contribution < 1.29 is 9.90 Å². The van der Waals surface area contributed by atoms with Gasteiger partial charge in [-0.1, -0.05) is 6.42 Å². The fraction of sp³-hybridized carbons (Fsp3) is 0.500. The topological polar surface area (TPSA) is 62.2 Å². The number of nitrogens with one attached hydrogen (secondary N) is 1. The van der Waals surface area contributed by atoms with Gasteiger partial charge in [0.1, 0.15) is 0 Å². The zero-order valence-corrected chi connectivity index (χ0v) is 9.57. The highest BCUT2D eigenvalue weighted by atomic mass is 16.4. The Morgan fingerprint density at radius 3 is 2.94 bits per heavy atom. The zero-order chi connectivity index (χ0) is 11.8. The molecular weight excluding hydrogens is 204 g/mol. The molecule has 4 nitrogen and oxygen atoms in total. The van der Waals surface area contributed by atoms with Crippen LogP contribution in [0.25, 0.3) is 0 Å². The van der Waals surface area contributed by atoms with Crippen molar-refractivity contribution in [2.24, 2.45) is 0 Å². The van der Waals surface area contributed by atoms with Crippen molar-refractivity contribution in [3.05, 3.63) is 24.0 Å². The van der Waals surface area contributed by atoms with Gasteiger partial charge in [-0.15, -0.1) is 0 Å². The number of aryl methyl sites for hydroxylation is 1. The average molecular weight is 222 g/mol. The molecule has 0 aliphatic carbocycles. The van der Waals surface area contributed by atoms with Crippen LogP contribution in [0.2, 0.25) is 0 Å². The lowest BCUT2D eigenvalue weighted by molar-refractivity contribution is -0.137. The van der Waals surface area contributed by atoms with Gasteiger partial charge < -0.3 is 10.4 Å². The van der Waals surface area contributed by atoms with E-state index >= 15 is 0 Å². The van der Waals surface area contributed by atoms with Crippen molar-refractivity contribution >= 4 is 11.7 Å². The number of nitrogens with zero attached hydrogens (tertiary/aromatic N) is 1. The molecule has 0 bridgehead atoms. The lowest BCUT2D eigenvalue weighted by atomic mass is 10.2. The molecule has 1 rings (SSSR count). The van der Waals surface area contributed by atoms with E-state index in [1.165, 1.54) is 0 Å². The number of hydrogen-bond donors (Lipinski definition) is 2. The van der Waals surface area contributed by atoms with E-state index in [9.17, 15) is 4.79 Å². The third-order valence-corrected chi connectivity index (χ3v) is 2.40. The summed E-state index contributed by atoms with van der Waals surface area (Å²) in [6.07, 6.45) is 6.56. The molecule has 0 spiro atoms. The first-order valence-electron chi connectivity index (χ1n) is 5.56. The van der Waals surface area contributed by atoms with E-state index in [0.717, 1.165) is 37.1 Å². The van der Waals surface area contributed by atoms with E-state index in [-0.39, 0.29) is 6.42 Å². The van der Waals surface area contributed by atoms with Gasteiger partial charge >= 0.3 is 5.97 Å². The Hall–Kier alpha value is -1.58. The van der Waals surface area contributed by atoms with Gasteiger partial charge in [0.2, 0.25) is 0 Å². The van der Waals surface area contributed by atoms with Crippen molar-refractivity contribution in [2.75, 3.05) is 11.9 Å². The number of aromatic nitrogens is 1. The SMILES string of the molecule is Cc1cnccc1NCCCCCC(=O)O. The van der Waals surface area contributed by atoms with E-state index in [4.69, 9.17) is 5.11 Å². The minimum absolute atomic E-state index is 0.272. The minimum atomic E-state index is -0.710. The highest BCUT2D eigenvalue weighted by Crippen LogP contribution is 2.11. The molecule has 0 aliphatic heterocycles. The van der Waals surface area contributed by atoms with E-state index in [2.05, 4.69) is 10.3 Å². The van der Waals surface area contributed by atoms with Crippen molar-refractivity contribution in [1.29, 1.82) is 0 Å². The molecule has 0 aromatic carbocycles. The summed E-state index contributed by atoms with van der Waals surface area (Å²) in [7, 11) is 0. The number of hydrogen-bond acceptors (Lipinski definition) is 3. The van der Waals surface area contributed by atoms with Crippen LogP contribution in [0.15, 0.2) is 18.5 Å². The maximum Gasteiger partial charge on any atom is 0.303 e. The quantitative estimate of drug-likeness (QED) is 0.695. The monoisotopic (exact) mass is 222 g/mol. The molecule has 0 atom stereocenters. The second-order valence-electron chi connectivity index (χ2n) is 3.82. The molecule has 1 aromatic heterocycles. The summed E-state index contributed by atoms with van der Waals surface area (Å²) in [4.78, 5) is 14.3. The summed E-state index contributed by atoms with van der Waals surface area (Å²) < 4.78 is 0. The van der Waals surface area contributed by atoms with Gasteiger partial charge in [-0.05, 0) is 31.4 Å². The van der Waals surface area contributed by atoms with Crippen molar-refractivity contribution in [3.63, 3.8) is 0 Å². The summed E-state index contributed by atoms with van der Waals surface area (Å²) in [6, 6.07) is 1.95. The Balaban J connectivity index is 2.12. The molecule has 0 saturated heterocycles. The minimum Gasteiger partial charge on any atom is -0.481 e. The summed E-state index contributed by atoms with van der Waals surface area (Å²) in [5, 5.41) is 11.8. The number of pyridine rings is 1. The van der Waals surface area contributed by atoms with E-state index in [1.807, 2.05) is 19.2 Å². The molecule has 0 amide bonds. The smallest absolute Gasteiger partial charge is 0.303 e. The maximum atomic E-state index is 10.3. The molecular formula is C12H18N2O2. The number of carboxylic acid groups (broad SMARTS) is 1. The molecule has 0 radical (unpaired) electrons. The fourth-order valence-corrected chi connectivity index (χ4v) is 1.47. The van der Waals surface area contributed by atoms with Crippen LogP contribution in [0.4, 0.5) is 5.69 Å². The molecule has 0 aliphatic rings. The number of rotatable bonds is 7. The Kier molecular flexibility index (Phi) is 5.32. The van der Waals surface area contributed by atoms with Crippen LogP contribution in [-0.4, -0.2) is 22.6 Å². The predicted molar refractivity (Wildman–Crippen MR) is 63.6 cm³/mol. The second kappa shape index (κ2) is 6.82. The van der Waals surface area contributed by atoms with Crippen LogP contribution in [-0.2, 0) is 4.79 Å². The molecule has 2 N–H and O–H groups in total. The number of carbonyl (C=O) groups is 1. The Morgan fingerprint density at radius 2 is 2.25 bits per heavy atom. The van der Waals surface area contributed by atoms with Crippen LogP contribution in [0.1, 0.15) is 31.2 Å². The summed E-state index contributed by atoms with van der Waals surface area (Å²) in [6.45, 7) is 2.89. The number of anilines is 1. The predicted octanol–water partition coefficient (Wildman–Crippen LogP) is 2.45. The second-order valence-corrected chi connectivity index (χ2v) is 3.82. The molecule has 16 heavy (non-hydrogen) atoms. The van der Waals surface area contributed by atoms with Crippen LogP contribution in [0.3, 0.4) is 0 Å². The van der Waals surface area contributed by atoms with Gasteiger partial charge in [-0.3, -0.25) is 9.78 Å². The van der Waals surface area contributed by atoms with E-state index in [0.29, 0.717) is 0 Å². The molecule has 1 aromatic rings. The number of carboxylic acids is 1. The van der Waals surface area contributed by atoms with Crippen LogP contribution in [0, 0.1) is 6.92 Å². The molecule has 0 unspecified atom stereocenters. The third-order valence-electron chi connectivity index (χ3n) is 2.40. The van der Waals surface area contributed by atoms with E-state index in [1.54, 1.807) is 6.20 Å². The van der Waals surface area contributed by atoms with Gasteiger partial charge in [0.25, 0.3) is 0 Å². The van der Waals surface area contributed by atoms with Gasteiger partial charge in [-0.2, -0.15) is 0 Å². The molecule has 4 heteroatoms. The molecule has 0 saturated carbocycles. The highest BCUT2D eigenvalue weighted by molar-refractivity contribution is 5.66. The normalized spacial score (nSPS) is 10.1. The molecule has 0 fully saturated rings. The van der Waals surface area contributed by atoms with Crippen molar-refractivity contribution in [3.8, 4) is 0 Å². The Morgan fingerprint density at radius 1 is 1.44 bits per heavy atom. The first-order chi connectivity index (χ1) is 7.70. The van der Waals surface area contributed by atoms with Crippen LogP contribution >= 0.6 is 0 Å². The molecule has 88 valence electrons. The standard InChI is InChI=1S/C12H18N2O2/c1-10-9-13-8-6-11(10)14-7-4-2-3-5-12(15)16/h6,8-9H,2-5,7H2,1H3,(H,13,14)(H,15,16). The van der Waals surface area contributed by atoms with Gasteiger partial charge in [-0.25, -0.2) is 0 Å². The van der Waals surface area contributed by atoms with Crippen LogP contribution < -0.4 is 5.32 Å². The number of unbranched alkanes of at least 4 members (excludes halogenated alkanes) is 2. The van der Waals surface area contributed by atoms with E-state index < -0.39 is 5.97 Å². The lowest BCUT2D eigenvalue weighted by Crippen LogP contribution is -2.03. The third kappa shape index (κ3) is 4.77. The highest BCUT2D eigenvalue weighted by Gasteiger charge is 1.98. The van der Waals surface area contributed by atoms with Gasteiger partial charge in [0, 0.05) is 31.0 Å². The fourth-order valence-electron chi connectivity index (χ4n) is 1.47. The molecule has 1 heterocycles. The van der Waals surface area contributed by atoms with Crippen molar-refractivity contribution in [1.82, 2.24) is 4.98 Å². The average Bonchev–Trinajstić information content (AvgIpc) is 2.25. The van der Waals surface area contributed by atoms with Gasteiger partial charge in [0.15, 0.2) is 0 Å². The lowest BCUT2D eigenvalue weighted by Gasteiger charge is -2.08. The summed E-state index contributed by atoms with van der Waals surface area (Å²) >= 11 is 0. The largest absolute Gasteiger partial charge is 0.481 e. The number of aliphatic carboxylic acids is 1. The van der Waals surface area contributed by atoms with Crippen LogP contribution in [0.5, 0.6) is 0 Å². The summed E-state index contributed by atoms with van der Waals surface area (Å²) in [5.74, 6) is -0.710. The Bertz CT molecular complexity index is 340. The van der Waals surface area contributed by atoms with Crippen molar-refractivity contribution in [2.45, 2.75) is 32.6 Å².